The average molecular weight is 178 g/mol. The maximum absolute atomic E-state index is 11.0. The second-order valence-corrected chi connectivity index (χ2v) is 3.21. The van der Waals surface area contributed by atoms with Gasteiger partial charge in [0.25, 0.3) is 0 Å². The number of ether oxygens (including phenoxy) is 1. The molecule has 13 heavy (non-hydrogen) atoms. The number of fused-ring (bicyclic) bond motifs is 1. The van der Waals surface area contributed by atoms with Crippen LogP contribution in [0.3, 0.4) is 0 Å². The summed E-state index contributed by atoms with van der Waals surface area (Å²) in [5, 5.41) is 9.18. The number of carbonyl (C=O) groups excluding carboxylic acids is 1. The Morgan fingerprint density at radius 3 is 3.08 bits per heavy atom. The third kappa shape index (κ3) is 1.37. The molecule has 0 saturated carbocycles. The van der Waals surface area contributed by atoms with Crippen LogP contribution < -0.4 is 4.74 Å². The van der Waals surface area contributed by atoms with Crippen LogP contribution in [0.1, 0.15) is 12.5 Å². The molecule has 68 valence electrons. The van der Waals surface area contributed by atoms with Gasteiger partial charge >= 0.3 is 0 Å². The first kappa shape index (κ1) is 8.10. The first-order valence-electron chi connectivity index (χ1n) is 4.16. The highest BCUT2D eigenvalue weighted by molar-refractivity contribution is 5.82. The number of carbonyl (C=O) groups is 1. The van der Waals surface area contributed by atoms with Crippen LogP contribution in [0, 0.1) is 0 Å². The van der Waals surface area contributed by atoms with Gasteiger partial charge < -0.3 is 9.84 Å². The molecule has 0 amide bonds. The smallest absolute Gasteiger partial charge is 0.170 e. The highest BCUT2D eigenvalue weighted by atomic mass is 16.5. The molecule has 1 aromatic carbocycles. The van der Waals surface area contributed by atoms with Crippen molar-refractivity contribution in [3.05, 3.63) is 23.8 Å². The number of ketones is 1. The van der Waals surface area contributed by atoms with E-state index >= 15 is 0 Å². The first-order chi connectivity index (χ1) is 6.16. The van der Waals surface area contributed by atoms with Crippen molar-refractivity contribution in [1.29, 1.82) is 0 Å². The summed E-state index contributed by atoms with van der Waals surface area (Å²) in [6.07, 6.45) is 0.204. The Kier molecular flexibility index (Phi) is 1.72. The fraction of sp³-hybridized carbons (Fsp3) is 0.300. The Morgan fingerprint density at radius 1 is 1.62 bits per heavy atom. The fourth-order valence-electron chi connectivity index (χ4n) is 1.46. The summed E-state index contributed by atoms with van der Waals surface area (Å²) in [4.78, 5) is 11.0. The molecular formula is C10H10O3. The van der Waals surface area contributed by atoms with Gasteiger partial charge in [0.1, 0.15) is 11.5 Å². The molecule has 1 aliphatic rings. The number of rotatable bonds is 1. The topological polar surface area (TPSA) is 46.5 Å². The number of aromatic hydroxyl groups is 1. The van der Waals surface area contributed by atoms with E-state index in [0.717, 1.165) is 5.56 Å². The van der Waals surface area contributed by atoms with E-state index in [9.17, 15) is 9.90 Å². The third-order valence-corrected chi connectivity index (χ3v) is 2.17. The number of benzene rings is 1. The maximum atomic E-state index is 11.0. The minimum absolute atomic E-state index is 0.0238. The van der Waals surface area contributed by atoms with Gasteiger partial charge in [0.15, 0.2) is 11.9 Å². The molecule has 1 atom stereocenters. The Bertz CT molecular complexity index is 357. The van der Waals surface area contributed by atoms with Crippen molar-refractivity contribution in [2.24, 2.45) is 0 Å². The fourth-order valence-corrected chi connectivity index (χ4v) is 1.46. The molecule has 0 bridgehead atoms. The quantitative estimate of drug-likeness (QED) is 0.704. The summed E-state index contributed by atoms with van der Waals surface area (Å²) < 4.78 is 5.36. The molecule has 1 N–H and O–H groups in total. The van der Waals surface area contributed by atoms with Crippen LogP contribution in [0.4, 0.5) is 0 Å². The highest BCUT2D eigenvalue weighted by Crippen LogP contribution is 2.31. The summed E-state index contributed by atoms with van der Waals surface area (Å²) in [5.41, 5.74) is 0.903. The van der Waals surface area contributed by atoms with Gasteiger partial charge in [0.2, 0.25) is 0 Å². The van der Waals surface area contributed by atoms with Crippen molar-refractivity contribution in [3.63, 3.8) is 0 Å². The van der Waals surface area contributed by atoms with E-state index in [1.807, 2.05) is 0 Å². The summed E-state index contributed by atoms with van der Waals surface area (Å²) in [7, 11) is 0. The van der Waals surface area contributed by atoms with E-state index in [4.69, 9.17) is 4.74 Å². The molecule has 3 heteroatoms. The Balaban J connectivity index is 2.30. The molecule has 1 unspecified atom stereocenters. The Labute approximate surface area is 76.0 Å². The number of Topliss-reactive ketones (excluding diaryl/α,β-unsaturated/α-hetero) is 1. The van der Waals surface area contributed by atoms with Crippen molar-refractivity contribution >= 4 is 5.78 Å². The zero-order valence-corrected chi connectivity index (χ0v) is 7.28. The van der Waals surface area contributed by atoms with Gasteiger partial charge in [-0.15, -0.1) is 0 Å². The molecule has 1 aliphatic heterocycles. The van der Waals surface area contributed by atoms with Crippen LogP contribution in [0.2, 0.25) is 0 Å². The monoisotopic (exact) mass is 178 g/mol. The summed E-state index contributed by atoms with van der Waals surface area (Å²) >= 11 is 0. The highest BCUT2D eigenvalue weighted by Gasteiger charge is 2.26. The molecular weight excluding hydrogens is 168 g/mol. The lowest BCUT2D eigenvalue weighted by molar-refractivity contribution is -0.122. The second-order valence-electron chi connectivity index (χ2n) is 3.21. The number of phenols is 1. The van der Waals surface area contributed by atoms with Crippen molar-refractivity contribution in [2.75, 3.05) is 0 Å². The van der Waals surface area contributed by atoms with E-state index in [0.29, 0.717) is 12.2 Å². The third-order valence-electron chi connectivity index (χ3n) is 2.17. The minimum Gasteiger partial charge on any atom is -0.508 e. The van der Waals surface area contributed by atoms with Crippen LogP contribution in [-0.4, -0.2) is 17.0 Å². The molecule has 0 fully saturated rings. The van der Waals surface area contributed by atoms with E-state index in [1.54, 1.807) is 18.2 Å². The molecule has 2 rings (SSSR count). The van der Waals surface area contributed by atoms with Crippen LogP contribution in [0.15, 0.2) is 18.2 Å². The van der Waals surface area contributed by atoms with Crippen molar-refractivity contribution in [3.8, 4) is 11.5 Å². The normalized spacial score (nSPS) is 19.3. The number of hydrogen-bond donors (Lipinski definition) is 1. The van der Waals surface area contributed by atoms with E-state index in [1.165, 1.54) is 6.92 Å². The SMILES string of the molecule is CC(=O)C1Cc2cc(O)ccc2O1. The molecule has 1 aromatic rings. The van der Waals surface area contributed by atoms with E-state index in [2.05, 4.69) is 0 Å². The van der Waals surface area contributed by atoms with E-state index < -0.39 is 0 Å². The lowest BCUT2D eigenvalue weighted by atomic mass is 10.1. The lowest BCUT2D eigenvalue weighted by Gasteiger charge is -2.04. The molecule has 3 nitrogen and oxygen atoms in total. The van der Waals surface area contributed by atoms with Crippen LogP contribution >= 0.6 is 0 Å². The van der Waals surface area contributed by atoms with Gasteiger partial charge in [-0.3, -0.25) is 4.79 Å². The van der Waals surface area contributed by atoms with Gasteiger partial charge in [-0.05, 0) is 25.1 Å². The summed E-state index contributed by atoms with van der Waals surface area (Å²) in [6, 6.07) is 4.88. The van der Waals surface area contributed by atoms with Crippen molar-refractivity contribution in [2.45, 2.75) is 19.4 Å². The van der Waals surface area contributed by atoms with Gasteiger partial charge in [0.05, 0.1) is 0 Å². The second kappa shape index (κ2) is 2.76. The van der Waals surface area contributed by atoms with Gasteiger partial charge in [-0.2, -0.15) is 0 Å². The zero-order valence-electron chi connectivity index (χ0n) is 7.28. The first-order valence-corrected chi connectivity index (χ1v) is 4.16. The predicted molar refractivity (Wildman–Crippen MR) is 46.9 cm³/mol. The maximum Gasteiger partial charge on any atom is 0.170 e. The average Bonchev–Trinajstić information content (AvgIpc) is 2.46. The Hall–Kier alpha value is -1.51. The van der Waals surface area contributed by atoms with Crippen LogP contribution in [0.25, 0.3) is 0 Å². The molecule has 0 aromatic heterocycles. The largest absolute Gasteiger partial charge is 0.508 e. The molecule has 0 aliphatic carbocycles. The van der Waals surface area contributed by atoms with Gasteiger partial charge in [-0.25, -0.2) is 0 Å². The molecule has 1 heterocycles. The molecule has 0 radical (unpaired) electrons. The number of hydrogen-bond acceptors (Lipinski definition) is 3. The Morgan fingerprint density at radius 2 is 2.38 bits per heavy atom. The predicted octanol–water partition coefficient (Wildman–Crippen LogP) is 1.28. The molecule has 0 spiro atoms. The van der Waals surface area contributed by atoms with Gasteiger partial charge in [0, 0.05) is 12.0 Å². The summed E-state index contributed by atoms with van der Waals surface area (Å²) in [5.74, 6) is 0.945. The standard InChI is InChI=1S/C10H10O3/c1-6(11)10-5-7-4-8(12)2-3-9(7)13-10/h2-4,10,12H,5H2,1H3. The van der Waals surface area contributed by atoms with Crippen LogP contribution in [0.5, 0.6) is 11.5 Å². The van der Waals surface area contributed by atoms with Crippen LogP contribution in [-0.2, 0) is 11.2 Å². The van der Waals surface area contributed by atoms with Crippen molar-refractivity contribution < 1.29 is 14.6 Å². The zero-order chi connectivity index (χ0) is 9.42. The minimum atomic E-state index is -0.364. The van der Waals surface area contributed by atoms with Gasteiger partial charge in [-0.1, -0.05) is 0 Å². The van der Waals surface area contributed by atoms with Crippen molar-refractivity contribution in [1.82, 2.24) is 0 Å². The lowest BCUT2D eigenvalue weighted by Crippen LogP contribution is -2.21. The molecule has 0 saturated heterocycles. The number of phenolic OH excluding ortho intramolecular Hbond substituents is 1. The van der Waals surface area contributed by atoms with E-state index in [-0.39, 0.29) is 17.6 Å². The summed E-state index contributed by atoms with van der Waals surface area (Å²) in [6.45, 7) is 1.51.